The lowest BCUT2D eigenvalue weighted by molar-refractivity contribution is -0.127. The summed E-state index contributed by atoms with van der Waals surface area (Å²) in [6.07, 6.45) is 0.820. The minimum absolute atomic E-state index is 0.0265. The predicted octanol–water partition coefficient (Wildman–Crippen LogP) is 1.24. The van der Waals surface area contributed by atoms with Gasteiger partial charge in [-0.15, -0.1) is 0 Å². The Balaban J connectivity index is 1.87. The van der Waals surface area contributed by atoms with Gasteiger partial charge in [0, 0.05) is 27.2 Å². The summed E-state index contributed by atoms with van der Waals surface area (Å²) < 4.78 is 10.7. The summed E-state index contributed by atoms with van der Waals surface area (Å²) in [4.78, 5) is 17.6. The van der Waals surface area contributed by atoms with Crippen LogP contribution in [0, 0.1) is 5.92 Å². The zero-order valence-corrected chi connectivity index (χ0v) is 15.5. The van der Waals surface area contributed by atoms with E-state index in [1.54, 1.807) is 14.1 Å². The van der Waals surface area contributed by atoms with Crippen LogP contribution in [0.5, 0.6) is 11.5 Å². The summed E-state index contributed by atoms with van der Waals surface area (Å²) in [5.74, 6) is 2.71. The highest BCUT2D eigenvalue weighted by Crippen LogP contribution is 2.32. The van der Waals surface area contributed by atoms with E-state index in [4.69, 9.17) is 9.47 Å². The second-order valence-corrected chi connectivity index (χ2v) is 6.59. The van der Waals surface area contributed by atoms with Crippen molar-refractivity contribution in [3.63, 3.8) is 0 Å². The Bertz CT molecular complexity index is 614. The molecule has 1 aromatic rings. The Kier molecular flexibility index (Phi) is 6.91. The smallest absolute Gasteiger partial charge is 0.243 e. The van der Waals surface area contributed by atoms with Crippen LogP contribution in [0.25, 0.3) is 0 Å². The summed E-state index contributed by atoms with van der Waals surface area (Å²) >= 11 is 0. The lowest BCUT2D eigenvalue weighted by atomic mass is 10.1. The number of fused-ring (bicyclic) bond motifs is 1. The highest BCUT2D eigenvalue weighted by atomic mass is 16.7. The van der Waals surface area contributed by atoms with Crippen LogP contribution in [0.4, 0.5) is 0 Å². The quantitative estimate of drug-likeness (QED) is 0.573. The molecule has 1 aromatic carbocycles. The van der Waals surface area contributed by atoms with Crippen LogP contribution in [0.15, 0.2) is 23.2 Å². The first-order valence-corrected chi connectivity index (χ1v) is 8.56. The molecule has 0 saturated heterocycles. The van der Waals surface area contributed by atoms with Crippen LogP contribution in [0.2, 0.25) is 0 Å². The molecule has 7 nitrogen and oxygen atoms in total. The summed E-state index contributed by atoms with van der Waals surface area (Å²) in [6, 6.07) is 5.96. The first-order valence-electron chi connectivity index (χ1n) is 8.56. The number of carbonyl (C=O) groups is 1. The number of nitrogens with zero attached hydrogens (tertiary/aromatic N) is 2. The van der Waals surface area contributed by atoms with Gasteiger partial charge in [-0.25, -0.2) is 4.99 Å². The molecular formula is C18H28N4O3. The minimum Gasteiger partial charge on any atom is -0.454 e. The van der Waals surface area contributed by atoms with Crippen LogP contribution in [0.1, 0.15) is 19.4 Å². The SMILES string of the molecule is CC(C)CNC(=NCC(=O)N(C)C)NCCc1ccc2c(c1)OCO2. The Morgan fingerprint density at radius 1 is 1.24 bits per heavy atom. The molecule has 7 heteroatoms. The first-order chi connectivity index (χ1) is 12.0. The van der Waals surface area contributed by atoms with Gasteiger partial charge in [0.25, 0.3) is 0 Å². The van der Waals surface area contributed by atoms with Gasteiger partial charge in [-0.1, -0.05) is 19.9 Å². The molecule has 1 aliphatic heterocycles. The van der Waals surface area contributed by atoms with E-state index < -0.39 is 0 Å². The maximum Gasteiger partial charge on any atom is 0.243 e. The number of guanidine groups is 1. The number of amides is 1. The summed E-state index contributed by atoms with van der Waals surface area (Å²) in [5, 5.41) is 6.55. The molecule has 0 saturated carbocycles. The van der Waals surface area contributed by atoms with Crippen molar-refractivity contribution in [1.29, 1.82) is 0 Å². The van der Waals surface area contributed by atoms with Crippen LogP contribution in [-0.4, -0.2) is 57.3 Å². The van der Waals surface area contributed by atoms with Crippen molar-refractivity contribution < 1.29 is 14.3 Å². The van der Waals surface area contributed by atoms with E-state index >= 15 is 0 Å². The Morgan fingerprint density at radius 2 is 2.00 bits per heavy atom. The number of hydrogen-bond acceptors (Lipinski definition) is 4. The Labute approximate surface area is 149 Å². The summed E-state index contributed by atoms with van der Waals surface area (Å²) in [5.41, 5.74) is 1.16. The molecule has 0 aromatic heterocycles. The van der Waals surface area contributed by atoms with Gasteiger partial charge in [0.15, 0.2) is 17.5 Å². The molecule has 1 aliphatic rings. The molecule has 2 rings (SSSR count). The van der Waals surface area contributed by atoms with Crippen molar-refractivity contribution in [2.24, 2.45) is 10.9 Å². The molecule has 25 heavy (non-hydrogen) atoms. The molecular weight excluding hydrogens is 320 g/mol. The van der Waals surface area contributed by atoms with Gasteiger partial charge >= 0.3 is 0 Å². The Hall–Kier alpha value is -2.44. The lowest BCUT2D eigenvalue weighted by Crippen LogP contribution is -2.41. The van der Waals surface area contributed by atoms with Gasteiger partial charge < -0.3 is 25.0 Å². The fourth-order valence-corrected chi connectivity index (χ4v) is 2.18. The standard InChI is InChI=1S/C18H28N4O3/c1-13(2)10-20-18(21-11-17(23)22(3)4)19-8-7-14-5-6-15-16(9-14)25-12-24-15/h5-6,9,13H,7-8,10-12H2,1-4H3,(H2,19,20,21). The van der Waals surface area contributed by atoms with E-state index in [2.05, 4.69) is 29.5 Å². The largest absolute Gasteiger partial charge is 0.454 e. The number of likely N-dealkylation sites (N-methyl/N-ethyl adjacent to an activating group) is 1. The van der Waals surface area contributed by atoms with Crippen molar-refractivity contribution >= 4 is 11.9 Å². The second kappa shape index (κ2) is 9.15. The molecule has 0 spiro atoms. The zero-order valence-electron chi connectivity index (χ0n) is 15.5. The number of rotatable bonds is 7. The molecule has 1 amide bonds. The van der Waals surface area contributed by atoms with Crippen LogP contribution < -0.4 is 20.1 Å². The van der Waals surface area contributed by atoms with Crippen LogP contribution in [-0.2, 0) is 11.2 Å². The highest BCUT2D eigenvalue weighted by Gasteiger charge is 2.13. The van der Waals surface area contributed by atoms with Gasteiger partial charge in [-0.3, -0.25) is 4.79 Å². The monoisotopic (exact) mass is 348 g/mol. The molecule has 0 aliphatic carbocycles. The molecule has 0 atom stereocenters. The topological polar surface area (TPSA) is 75.2 Å². The molecule has 1 heterocycles. The first kappa shape index (κ1) is 18.9. The van der Waals surface area contributed by atoms with Gasteiger partial charge in [0.2, 0.25) is 12.7 Å². The molecule has 138 valence electrons. The van der Waals surface area contributed by atoms with E-state index in [1.165, 1.54) is 4.90 Å². The zero-order chi connectivity index (χ0) is 18.2. The highest BCUT2D eigenvalue weighted by molar-refractivity contribution is 5.84. The van der Waals surface area contributed by atoms with Gasteiger partial charge in [-0.2, -0.15) is 0 Å². The van der Waals surface area contributed by atoms with Crippen molar-refractivity contribution in [2.75, 3.05) is 40.5 Å². The van der Waals surface area contributed by atoms with E-state index in [1.807, 2.05) is 18.2 Å². The average molecular weight is 348 g/mol. The fourth-order valence-electron chi connectivity index (χ4n) is 2.18. The molecule has 0 fully saturated rings. The van der Waals surface area contributed by atoms with Crippen LogP contribution >= 0.6 is 0 Å². The Morgan fingerprint density at radius 3 is 2.72 bits per heavy atom. The van der Waals surface area contributed by atoms with Gasteiger partial charge in [0.1, 0.15) is 6.54 Å². The number of aliphatic imine (C=N–C) groups is 1. The second-order valence-electron chi connectivity index (χ2n) is 6.59. The number of benzene rings is 1. The fraction of sp³-hybridized carbons (Fsp3) is 0.556. The third kappa shape index (κ3) is 6.17. The maximum atomic E-state index is 11.7. The molecule has 2 N–H and O–H groups in total. The molecule has 0 unspecified atom stereocenters. The van der Waals surface area contributed by atoms with Crippen molar-refractivity contribution in [2.45, 2.75) is 20.3 Å². The van der Waals surface area contributed by atoms with Gasteiger partial charge in [-0.05, 0) is 30.0 Å². The van der Waals surface area contributed by atoms with E-state index in [9.17, 15) is 4.79 Å². The third-order valence-corrected chi connectivity index (χ3v) is 3.69. The van der Waals surface area contributed by atoms with Crippen molar-refractivity contribution in [3.8, 4) is 11.5 Å². The van der Waals surface area contributed by atoms with Crippen molar-refractivity contribution in [1.82, 2.24) is 15.5 Å². The number of nitrogens with one attached hydrogen (secondary N) is 2. The minimum atomic E-state index is -0.0265. The van der Waals surface area contributed by atoms with E-state index in [-0.39, 0.29) is 19.2 Å². The normalized spacial score (nSPS) is 13.1. The van der Waals surface area contributed by atoms with E-state index in [0.29, 0.717) is 18.4 Å². The van der Waals surface area contributed by atoms with E-state index in [0.717, 1.165) is 30.0 Å². The maximum absolute atomic E-state index is 11.7. The molecule has 0 radical (unpaired) electrons. The third-order valence-electron chi connectivity index (χ3n) is 3.69. The van der Waals surface area contributed by atoms with Crippen LogP contribution in [0.3, 0.4) is 0 Å². The van der Waals surface area contributed by atoms with Crippen molar-refractivity contribution in [3.05, 3.63) is 23.8 Å². The summed E-state index contributed by atoms with van der Waals surface area (Å²) in [7, 11) is 3.46. The predicted molar refractivity (Wildman–Crippen MR) is 98.1 cm³/mol. The number of ether oxygens (including phenoxy) is 2. The molecule has 0 bridgehead atoms. The number of carbonyl (C=O) groups excluding carboxylic acids is 1. The summed E-state index contributed by atoms with van der Waals surface area (Å²) in [6.45, 7) is 6.17. The number of hydrogen-bond donors (Lipinski definition) is 2. The van der Waals surface area contributed by atoms with Gasteiger partial charge in [0.05, 0.1) is 0 Å². The average Bonchev–Trinajstić information content (AvgIpc) is 3.03. The lowest BCUT2D eigenvalue weighted by Gasteiger charge is -2.15.